The molecule has 0 saturated carbocycles. The Kier molecular flexibility index (Phi) is 13.9. The van der Waals surface area contributed by atoms with Crippen LogP contribution in [0.15, 0.2) is 0 Å². The summed E-state index contributed by atoms with van der Waals surface area (Å²) in [6.45, 7) is 7.42. The number of hydrogen-bond acceptors (Lipinski definition) is 9. The monoisotopic (exact) mass is 375 g/mol. The van der Waals surface area contributed by atoms with Gasteiger partial charge in [-0.05, 0) is 13.8 Å². The van der Waals surface area contributed by atoms with Crippen LogP contribution in [-0.2, 0) is 33.2 Å². The molecule has 11 heteroatoms. The van der Waals surface area contributed by atoms with Crippen molar-refractivity contribution in [3.8, 4) is 0 Å². The topological polar surface area (TPSA) is 123 Å². The van der Waals surface area contributed by atoms with E-state index in [0.717, 1.165) is 6.92 Å². The van der Waals surface area contributed by atoms with Crippen molar-refractivity contribution in [1.29, 1.82) is 0 Å². The molecule has 0 aromatic rings. The fourth-order valence-electron chi connectivity index (χ4n) is 1.95. The van der Waals surface area contributed by atoms with Crippen molar-refractivity contribution in [3.63, 3.8) is 0 Å². The summed E-state index contributed by atoms with van der Waals surface area (Å²) in [6.07, 6.45) is 0. The van der Waals surface area contributed by atoms with E-state index in [4.69, 9.17) is 9.47 Å². The van der Waals surface area contributed by atoms with E-state index in [1.807, 2.05) is 0 Å². The Bertz CT molecular complexity index is 405. The predicted molar refractivity (Wildman–Crippen MR) is 78.2 cm³/mol. The Hall–Kier alpha value is -0.360. The zero-order valence-electron chi connectivity index (χ0n) is 14.7. The van der Waals surface area contributed by atoms with Gasteiger partial charge >= 0.3 is 41.5 Å². The molecule has 0 aliphatic carbocycles. The summed E-state index contributed by atoms with van der Waals surface area (Å²) in [5, 5.41) is 15.0. The van der Waals surface area contributed by atoms with Crippen LogP contribution in [-0.4, -0.2) is 41.8 Å². The maximum Gasteiger partial charge on any atom is 1.00 e. The second-order valence-electron chi connectivity index (χ2n) is 4.66. The van der Waals surface area contributed by atoms with Gasteiger partial charge in [0.1, 0.15) is 0 Å². The maximum absolute atomic E-state index is 12.5. The average molecular weight is 375 g/mol. The summed E-state index contributed by atoms with van der Waals surface area (Å²) in [5.74, 6) is -3.34. The van der Waals surface area contributed by atoms with E-state index in [0.29, 0.717) is 12.0 Å². The van der Waals surface area contributed by atoms with Crippen LogP contribution in [0.1, 0.15) is 34.6 Å². The van der Waals surface area contributed by atoms with Crippen molar-refractivity contribution in [2.45, 2.75) is 45.4 Å². The third kappa shape index (κ3) is 6.87. The number of hydrogen-bond donors (Lipinski definition) is 1. The smallest absolute Gasteiger partial charge is 0.691 e. The second-order valence-corrected chi connectivity index (χ2v) is 5.73. The van der Waals surface area contributed by atoms with Crippen molar-refractivity contribution < 1.29 is 68.0 Å². The van der Waals surface area contributed by atoms with E-state index in [1.165, 1.54) is 6.92 Å². The van der Waals surface area contributed by atoms with Crippen LogP contribution >= 0.6 is 12.0 Å². The summed E-state index contributed by atoms with van der Waals surface area (Å²) in [5.41, 5.74) is -2.06. The van der Waals surface area contributed by atoms with Crippen molar-refractivity contribution in [2.24, 2.45) is 5.92 Å². The molecule has 9 nitrogen and oxygen atoms in total. The summed E-state index contributed by atoms with van der Waals surface area (Å²) in [4.78, 5) is 36.5. The maximum atomic E-state index is 12.5. The van der Waals surface area contributed by atoms with Gasteiger partial charge in [-0.15, -0.1) is 0 Å². The molecule has 0 heterocycles. The molecule has 0 saturated heterocycles. The van der Waals surface area contributed by atoms with Crippen LogP contribution in [0.3, 0.4) is 0 Å². The minimum absolute atomic E-state index is 0. The largest absolute Gasteiger partial charge is 1.00 e. The van der Waals surface area contributed by atoms with Crippen LogP contribution in [0, 0.1) is 5.92 Å². The molecular formula is C13H22NNaO8S. The molecule has 0 aromatic heterocycles. The van der Waals surface area contributed by atoms with Gasteiger partial charge in [0, 0.05) is 30.1 Å². The number of esters is 2. The fraction of sp³-hybridized carbons (Fsp3) is 0.769. The van der Waals surface area contributed by atoms with E-state index >= 15 is 0 Å². The Morgan fingerprint density at radius 3 is 1.92 bits per heavy atom. The molecule has 1 amide bonds. The van der Waals surface area contributed by atoms with Gasteiger partial charge in [-0.3, -0.25) is 9.83 Å². The van der Waals surface area contributed by atoms with Gasteiger partial charge in [0.25, 0.3) is 0 Å². The van der Waals surface area contributed by atoms with Gasteiger partial charge in [0.15, 0.2) is 0 Å². The molecule has 0 spiro atoms. The average Bonchev–Trinajstić information content (AvgIpc) is 2.49. The Balaban J connectivity index is 0. The summed E-state index contributed by atoms with van der Waals surface area (Å²) in [7, 11) is 0. The summed E-state index contributed by atoms with van der Waals surface area (Å²) < 4.78 is 14.1. The molecule has 0 rings (SSSR count). The predicted octanol–water partition coefficient (Wildman–Crippen LogP) is -3.11. The molecule has 0 radical (unpaired) electrons. The number of ether oxygens (including phenoxy) is 2. The zero-order valence-corrected chi connectivity index (χ0v) is 17.6. The fourth-order valence-corrected chi connectivity index (χ4v) is 2.48. The van der Waals surface area contributed by atoms with Crippen LogP contribution in [0.4, 0.5) is 0 Å². The molecule has 1 N–H and O–H groups in total. The van der Waals surface area contributed by atoms with E-state index in [9.17, 15) is 19.6 Å². The van der Waals surface area contributed by atoms with Crippen molar-refractivity contribution >= 4 is 29.9 Å². The Morgan fingerprint density at radius 1 is 1.12 bits per heavy atom. The summed E-state index contributed by atoms with van der Waals surface area (Å²) in [6, 6.07) is 0. The number of carbonyl (C=O) groups is 3. The number of rotatable bonds is 10. The molecule has 2 atom stereocenters. The third-order valence-electron chi connectivity index (χ3n) is 3.17. The van der Waals surface area contributed by atoms with Gasteiger partial charge in [-0.2, -0.15) is 4.33 Å². The molecule has 0 bridgehead atoms. The van der Waals surface area contributed by atoms with Gasteiger partial charge in [-0.25, -0.2) is 9.59 Å². The number of nitrogens with one attached hydrogen (secondary N) is 1. The molecular weight excluding hydrogens is 353 g/mol. The zero-order chi connectivity index (χ0) is 18.0. The minimum Gasteiger partial charge on any atom is -0.691 e. The van der Waals surface area contributed by atoms with Gasteiger partial charge in [0.2, 0.25) is 11.4 Å². The molecule has 0 fully saturated rings. The van der Waals surface area contributed by atoms with Crippen molar-refractivity contribution in [3.05, 3.63) is 0 Å². The molecule has 24 heavy (non-hydrogen) atoms. The van der Waals surface area contributed by atoms with Crippen LogP contribution < -0.4 is 40.1 Å². The molecule has 0 aliphatic rings. The van der Waals surface area contributed by atoms with Gasteiger partial charge < -0.3 is 20.0 Å². The van der Waals surface area contributed by atoms with Crippen LogP contribution in [0.2, 0.25) is 0 Å². The SMILES string of the molecule is CCOC(=O)C(NC(C)=O)(C(=O)OCC)C(C)C(C)SOO[O-].[Na+]. The molecule has 0 aromatic carbocycles. The van der Waals surface area contributed by atoms with Crippen LogP contribution in [0.25, 0.3) is 0 Å². The van der Waals surface area contributed by atoms with E-state index < -0.39 is 34.6 Å². The molecule has 2 unspecified atom stereocenters. The van der Waals surface area contributed by atoms with Gasteiger partial charge in [0.05, 0.1) is 13.2 Å². The first-order valence-corrected chi connectivity index (χ1v) is 7.83. The van der Waals surface area contributed by atoms with Crippen molar-refractivity contribution in [2.75, 3.05) is 13.2 Å². The van der Waals surface area contributed by atoms with E-state index in [2.05, 4.69) is 14.7 Å². The first kappa shape index (κ1) is 25.9. The quantitative estimate of drug-likeness (QED) is 0.106. The first-order chi connectivity index (χ1) is 10.8. The third-order valence-corrected chi connectivity index (χ3v) is 4.02. The first-order valence-electron chi connectivity index (χ1n) is 7.02. The van der Waals surface area contributed by atoms with Crippen molar-refractivity contribution in [1.82, 2.24) is 5.32 Å². The second kappa shape index (κ2) is 12.9. The number of amides is 1. The van der Waals surface area contributed by atoms with E-state index in [1.54, 1.807) is 20.8 Å². The standard InChI is InChI=1S/C13H23NO8S.Na/c1-6-19-11(16)13(14-10(5)15,12(17)20-7-2)8(3)9(4)23-22-21-18;/h8-9,18H,6-7H2,1-5H3,(H,14,15);/q;+1/p-1. The van der Waals surface area contributed by atoms with Gasteiger partial charge in [-0.1, -0.05) is 13.8 Å². The number of carbonyl (C=O) groups excluding carboxylic acids is 3. The Morgan fingerprint density at radius 2 is 1.58 bits per heavy atom. The minimum atomic E-state index is -2.06. The molecule has 0 aliphatic heterocycles. The van der Waals surface area contributed by atoms with E-state index in [-0.39, 0.29) is 42.8 Å². The normalized spacial score (nSPS) is 13.2. The molecule has 134 valence electrons. The Labute approximate surface area is 167 Å². The van der Waals surface area contributed by atoms with Crippen LogP contribution in [0.5, 0.6) is 0 Å². The summed E-state index contributed by atoms with van der Waals surface area (Å²) >= 11 is 0.608.